The van der Waals surface area contributed by atoms with Crippen molar-refractivity contribution in [2.75, 3.05) is 0 Å². The largest absolute Gasteiger partial charge is 0.324 e. The average Bonchev–Trinajstić information content (AvgIpc) is 3.11. The zero-order chi connectivity index (χ0) is 15.5. The predicted octanol–water partition coefficient (Wildman–Crippen LogP) is 4.99. The van der Waals surface area contributed by atoms with Crippen molar-refractivity contribution >= 4 is 32.6 Å². The van der Waals surface area contributed by atoms with E-state index in [1.807, 2.05) is 6.20 Å². The highest BCUT2D eigenvalue weighted by Crippen LogP contribution is 2.36. The Bertz CT molecular complexity index is 818. The lowest BCUT2D eigenvalue weighted by Crippen LogP contribution is -2.14. The van der Waals surface area contributed by atoms with Gasteiger partial charge < -0.3 is 4.57 Å². The molecule has 0 unspecified atom stereocenters. The van der Waals surface area contributed by atoms with Gasteiger partial charge in [0.2, 0.25) is 0 Å². The summed E-state index contributed by atoms with van der Waals surface area (Å²) in [7, 11) is 0. The highest BCUT2D eigenvalue weighted by molar-refractivity contribution is 7.18. The van der Waals surface area contributed by atoms with Gasteiger partial charge in [-0.05, 0) is 31.2 Å². The molecule has 0 aliphatic heterocycles. The molecule has 0 aromatic carbocycles. The number of hydrogen-bond acceptors (Lipinski definition) is 4. The van der Waals surface area contributed by atoms with E-state index in [1.54, 1.807) is 17.4 Å². The van der Waals surface area contributed by atoms with E-state index in [4.69, 9.17) is 10.2 Å². The van der Waals surface area contributed by atoms with Gasteiger partial charge in [-0.2, -0.15) is 5.26 Å². The van der Waals surface area contributed by atoms with E-state index in [0.29, 0.717) is 6.04 Å². The highest BCUT2D eigenvalue weighted by Gasteiger charge is 2.21. The molecule has 0 bridgehead atoms. The van der Waals surface area contributed by atoms with Crippen LogP contribution in [0, 0.1) is 18.3 Å². The van der Waals surface area contributed by atoms with Gasteiger partial charge in [0.05, 0.1) is 28.0 Å². The molecule has 0 spiro atoms. The van der Waals surface area contributed by atoms with E-state index < -0.39 is 0 Å². The summed E-state index contributed by atoms with van der Waals surface area (Å²) in [6.07, 6.45) is 8.60. The van der Waals surface area contributed by atoms with Crippen LogP contribution in [0.25, 0.3) is 21.3 Å². The van der Waals surface area contributed by atoms with Gasteiger partial charge in [0, 0.05) is 13.0 Å². The lowest BCUT2D eigenvalue weighted by molar-refractivity contribution is 0.355. The summed E-state index contributed by atoms with van der Waals surface area (Å²) in [4.78, 5) is 9.23. The number of thiophene rings is 1. The molecule has 1 aliphatic rings. The van der Waals surface area contributed by atoms with Crippen molar-refractivity contribution in [2.24, 2.45) is 0 Å². The maximum absolute atomic E-state index is 7.32. The van der Waals surface area contributed by atoms with Gasteiger partial charge in [-0.25, -0.2) is 4.98 Å². The van der Waals surface area contributed by atoms with Crippen molar-refractivity contribution in [3.05, 3.63) is 23.5 Å². The Morgan fingerprint density at radius 1 is 1.27 bits per heavy atom. The lowest BCUT2D eigenvalue weighted by atomic mass is 9.95. The summed E-state index contributed by atoms with van der Waals surface area (Å²) in [6.45, 7) is 3.56. The molecule has 0 atom stereocenters. The van der Waals surface area contributed by atoms with Crippen molar-refractivity contribution in [1.82, 2.24) is 14.5 Å². The maximum atomic E-state index is 7.32. The molecular weight excluding hydrogens is 292 g/mol. The van der Waals surface area contributed by atoms with Crippen molar-refractivity contribution in [3.63, 3.8) is 0 Å². The molecule has 1 aliphatic carbocycles. The minimum atomic E-state index is 0.631. The fraction of sp³-hybridized carbons (Fsp3) is 0.471. The summed E-state index contributed by atoms with van der Waals surface area (Å²) in [5, 5.41) is 9.45. The molecule has 3 aromatic heterocycles. The number of imidazole rings is 1. The molecule has 22 heavy (non-hydrogen) atoms. The number of rotatable bonds is 1. The highest BCUT2D eigenvalue weighted by atomic mass is 32.1. The van der Waals surface area contributed by atoms with Crippen LogP contribution in [-0.2, 0) is 0 Å². The van der Waals surface area contributed by atoms with Crippen molar-refractivity contribution in [1.29, 1.82) is 5.26 Å². The first-order chi connectivity index (χ1) is 10.8. The van der Waals surface area contributed by atoms with Crippen LogP contribution in [0.5, 0.6) is 0 Å². The number of fused-ring (bicyclic) bond motifs is 3. The summed E-state index contributed by atoms with van der Waals surface area (Å²) in [5.41, 5.74) is 3.47. The van der Waals surface area contributed by atoms with Crippen molar-refractivity contribution in [2.45, 2.75) is 52.0 Å². The van der Waals surface area contributed by atoms with Gasteiger partial charge in [-0.15, -0.1) is 11.3 Å². The van der Waals surface area contributed by atoms with Gasteiger partial charge in [-0.3, -0.25) is 4.98 Å². The van der Waals surface area contributed by atoms with Crippen LogP contribution in [0.15, 0.2) is 17.6 Å². The molecule has 4 rings (SSSR count). The molecule has 5 heteroatoms. The first-order valence-electron chi connectivity index (χ1n) is 7.78. The third-order valence-electron chi connectivity index (χ3n) is 4.24. The molecule has 3 heterocycles. The fourth-order valence-corrected chi connectivity index (χ4v) is 4.27. The lowest BCUT2D eigenvalue weighted by Gasteiger charge is -2.25. The third kappa shape index (κ3) is 2.59. The molecule has 4 nitrogen and oxygen atoms in total. The molecule has 1 fully saturated rings. The topological polar surface area (TPSA) is 54.5 Å². The van der Waals surface area contributed by atoms with Gasteiger partial charge >= 0.3 is 0 Å². The van der Waals surface area contributed by atoms with Crippen LogP contribution in [0.1, 0.15) is 50.9 Å². The van der Waals surface area contributed by atoms with Gasteiger partial charge in [0.15, 0.2) is 0 Å². The number of nitriles is 1. The number of hydrogen-bond donors (Lipinski definition) is 0. The van der Waals surface area contributed by atoms with E-state index in [2.05, 4.69) is 27.9 Å². The minimum absolute atomic E-state index is 0.631. The SMILES string of the molecule is CC#N.Cc1nc2cnc3ccsc3c2n1C1CCCCC1. The zero-order valence-electron chi connectivity index (χ0n) is 13.0. The molecule has 0 amide bonds. The molecule has 0 N–H and O–H groups in total. The Balaban J connectivity index is 0.000000446. The molecule has 1 saturated carbocycles. The summed E-state index contributed by atoms with van der Waals surface area (Å²) in [6, 6.07) is 4.49. The summed E-state index contributed by atoms with van der Waals surface area (Å²) in [5.74, 6) is 1.14. The summed E-state index contributed by atoms with van der Waals surface area (Å²) >= 11 is 1.78. The van der Waals surface area contributed by atoms with Crippen LogP contribution in [-0.4, -0.2) is 14.5 Å². The maximum Gasteiger partial charge on any atom is 0.109 e. The Morgan fingerprint density at radius 3 is 2.73 bits per heavy atom. The van der Waals surface area contributed by atoms with Crippen LogP contribution in [0.2, 0.25) is 0 Å². The quantitative estimate of drug-likeness (QED) is 0.636. The monoisotopic (exact) mass is 312 g/mol. The Morgan fingerprint density at radius 2 is 2.00 bits per heavy atom. The first kappa shape index (κ1) is 15.0. The van der Waals surface area contributed by atoms with Gasteiger partial charge in [-0.1, -0.05) is 19.3 Å². The number of pyridine rings is 1. The van der Waals surface area contributed by atoms with Gasteiger partial charge in [0.1, 0.15) is 11.3 Å². The standard InChI is InChI=1S/C15H17N3S.C2H3N/c1-10-17-13-9-16-12-7-8-19-15(12)14(13)18(10)11-5-3-2-4-6-11;1-2-3/h7-9,11H,2-6H2,1H3;1H3. The second-order valence-corrected chi connectivity index (χ2v) is 6.59. The summed E-state index contributed by atoms with van der Waals surface area (Å²) < 4.78 is 3.78. The second kappa shape index (κ2) is 6.45. The number of aryl methyl sites for hydroxylation is 1. The van der Waals surface area contributed by atoms with Gasteiger partial charge in [0.25, 0.3) is 0 Å². The number of nitrogens with zero attached hydrogens (tertiary/aromatic N) is 4. The normalized spacial score (nSPS) is 15.5. The average molecular weight is 312 g/mol. The van der Waals surface area contributed by atoms with Crippen LogP contribution in [0.3, 0.4) is 0 Å². The second-order valence-electron chi connectivity index (χ2n) is 5.67. The molecule has 114 valence electrons. The molecule has 0 radical (unpaired) electrons. The van der Waals surface area contributed by atoms with Crippen LogP contribution < -0.4 is 0 Å². The Hall–Kier alpha value is -1.93. The molecule has 3 aromatic rings. The zero-order valence-corrected chi connectivity index (χ0v) is 13.9. The van der Waals surface area contributed by atoms with E-state index in [1.165, 1.54) is 49.2 Å². The van der Waals surface area contributed by atoms with E-state index >= 15 is 0 Å². The number of aromatic nitrogens is 3. The van der Waals surface area contributed by atoms with Crippen molar-refractivity contribution < 1.29 is 0 Å². The van der Waals surface area contributed by atoms with E-state index in [9.17, 15) is 0 Å². The first-order valence-corrected chi connectivity index (χ1v) is 8.65. The fourth-order valence-electron chi connectivity index (χ4n) is 3.38. The Kier molecular flexibility index (Phi) is 4.39. The smallest absolute Gasteiger partial charge is 0.109 e. The minimum Gasteiger partial charge on any atom is -0.324 e. The third-order valence-corrected chi connectivity index (χ3v) is 5.15. The molecular formula is C17H20N4S. The predicted molar refractivity (Wildman–Crippen MR) is 91.1 cm³/mol. The van der Waals surface area contributed by atoms with E-state index in [-0.39, 0.29) is 0 Å². The molecule has 0 saturated heterocycles. The van der Waals surface area contributed by atoms with E-state index in [0.717, 1.165) is 16.9 Å². The van der Waals surface area contributed by atoms with Crippen molar-refractivity contribution in [3.8, 4) is 6.07 Å². The van der Waals surface area contributed by atoms with Crippen LogP contribution >= 0.6 is 11.3 Å². The van der Waals surface area contributed by atoms with Crippen LogP contribution in [0.4, 0.5) is 0 Å². The Labute approximate surface area is 134 Å².